The van der Waals surface area contributed by atoms with Crippen LogP contribution >= 0.6 is 31.9 Å². The number of fused-ring (bicyclic) bond motifs is 1. The maximum absolute atomic E-state index is 13.5. The van der Waals surface area contributed by atoms with Gasteiger partial charge in [-0.25, -0.2) is 4.79 Å². The number of hydrogen-bond donors (Lipinski definition) is 3. The Morgan fingerprint density at radius 1 is 1.06 bits per heavy atom. The summed E-state index contributed by atoms with van der Waals surface area (Å²) >= 11 is 6.75. The zero-order chi connectivity index (χ0) is 25.1. The second-order valence-corrected chi connectivity index (χ2v) is 11.5. The average Bonchev–Trinajstić information content (AvgIpc) is 2.78. The van der Waals surface area contributed by atoms with E-state index >= 15 is 0 Å². The molecule has 0 spiro atoms. The number of hydrogen-bond acceptors (Lipinski definition) is 5. The van der Waals surface area contributed by atoms with E-state index in [-0.39, 0.29) is 23.5 Å². The van der Waals surface area contributed by atoms with Crippen LogP contribution in [0.2, 0.25) is 0 Å². The van der Waals surface area contributed by atoms with Gasteiger partial charge in [-0.1, -0.05) is 44.2 Å². The molecule has 0 radical (unpaired) electrons. The van der Waals surface area contributed by atoms with Gasteiger partial charge in [0.25, 0.3) is 5.56 Å². The topological polar surface area (TPSA) is 104 Å². The number of halogens is 2. The monoisotopic (exact) mass is 599 g/mol. The number of nitrogens with zero attached hydrogens (tertiary/aromatic N) is 1. The number of phenolic OH excluding ortho intramolecular Hbond substituents is 1. The van der Waals surface area contributed by atoms with Crippen LogP contribution in [0.3, 0.4) is 0 Å². The first-order valence-corrected chi connectivity index (χ1v) is 12.8. The molecule has 9 heteroatoms. The summed E-state index contributed by atoms with van der Waals surface area (Å²) in [7, 11) is 0. The van der Waals surface area contributed by atoms with Crippen LogP contribution in [0.5, 0.6) is 5.75 Å². The first-order valence-electron chi connectivity index (χ1n) is 11.2. The molecule has 0 bridgehead atoms. The van der Waals surface area contributed by atoms with E-state index in [1.54, 1.807) is 12.1 Å². The molecule has 1 atom stereocenters. The van der Waals surface area contributed by atoms with Crippen LogP contribution in [0, 0.1) is 5.41 Å². The normalized spacial score (nSPS) is 18.6. The summed E-state index contributed by atoms with van der Waals surface area (Å²) in [5, 5.41) is 13.6. The number of H-pyrrole nitrogens is 1. The maximum Gasteiger partial charge on any atom is 0.330 e. The van der Waals surface area contributed by atoms with Gasteiger partial charge in [0, 0.05) is 23.6 Å². The molecular formula is C26H23Br2N3O4. The largest absolute Gasteiger partial charge is 0.506 e. The fraction of sp³-hybridized carbons (Fsp3) is 0.269. The van der Waals surface area contributed by atoms with Crippen LogP contribution in [0.4, 0.5) is 5.82 Å². The van der Waals surface area contributed by atoms with Gasteiger partial charge >= 0.3 is 5.69 Å². The van der Waals surface area contributed by atoms with Crippen molar-refractivity contribution in [2.24, 2.45) is 5.41 Å². The summed E-state index contributed by atoms with van der Waals surface area (Å²) in [6.07, 6.45) is 0.943. The SMILES string of the molecule is CC1(C)CC(=O)C2=C(C1)Nc1c(c(=O)[nH]c(=O)n1Cc1ccccc1)C2c1cc(Br)c(O)c(Br)c1. The molecule has 0 saturated carbocycles. The Balaban J connectivity index is 1.80. The molecule has 1 aliphatic carbocycles. The molecule has 180 valence electrons. The Morgan fingerprint density at radius 3 is 2.37 bits per heavy atom. The van der Waals surface area contributed by atoms with Gasteiger partial charge < -0.3 is 10.4 Å². The van der Waals surface area contributed by atoms with Crippen LogP contribution in [-0.2, 0) is 11.3 Å². The van der Waals surface area contributed by atoms with Crippen LogP contribution in [0.1, 0.15) is 49.3 Å². The van der Waals surface area contributed by atoms with E-state index in [0.29, 0.717) is 44.3 Å². The molecule has 7 nitrogen and oxygen atoms in total. The molecule has 35 heavy (non-hydrogen) atoms. The quantitative estimate of drug-likeness (QED) is 0.392. The average molecular weight is 601 g/mol. The number of carbonyl (C=O) groups is 1. The molecule has 3 aromatic rings. The zero-order valence-electron chi connectivity index (χ0n) is 19.1. The van der Waals surface area contributed by atoms with Crippen molar-refractivity contribution in [3.8, 4) is 5.75 Å². The minimum atomic E-state index is -0.704. The third-order valence-corrected chi connectivity index (χ3v) is 7.77. The number of benzene rings is 2. The number of ketones is 1. The lowest BCUT2D eigenvalue weighted by Crippen LogP contribution is -2.42. The number of aromatic nitrogens is 2. The standard InChI is InChI=1S/C26H23Br2N3O4/c1-26(2)10-17-20(18(32)11-26)19(14-8-15(27)22(33)16(28)9-14)21-23(29-17)31(25(35)30-24(21)34)12-13-6-4-3-5-7-13/h3-9,19,29,33H,10-12H2,1-2H3,(H,30,34,35). The van der Waals surface area contributed by atoms with Crippen molar-refractivity contribution >= 4 is 43.5 Å². The lowest BCUT2D eigenvalue weighted by Gasteiger charge is -2.39. The lowest BCUT2D eigenvalue weighted by molar-refractivity contribution is -0.118. The smallest absolute Gasteiger partial charge is 0.330 e. The summed E-state index contributed by atoms with van der Waals surface area (Å²) in [5.74, 6) is -0.335. The highest BCUT2D eigenvalue weighted by atomic mass is 79.9. The van der Waals surface area contributed by atoms with Crippen molar-refractivity contribution in [2.75, 3.05) is 5.32 Å². The van der Waals surface area contributed by atoms with Crippen molar-refractivity contribution in [3.63, 3.8) is 0 Å². The molecule has 1 unspecified atom stereocenters. The van der Waals surface area contributed by atoms with E-state index in [1.807, 2.05) is 44.2 Å². The molecule has 0 fully saturated rings. The molecule has 5 rings (SSSR count). The van der Waals surface area contributed by atoms with Gasteiger partial charge in [0.2, 0.25) is 0 Å². The number of aromatic amines is 1. The number of allylic oxidation sites excluding steroid dienone is 2. The van der Waals surface area contributed by atoms with Gasteiger partial charge in [0.1, 0.15) is 11.6 Å². The summed E-state index contributed by atoms with van der Waals surface area (Å²) in [4.78, 5) is 42.2. The highest BCUT2D eigenvalue weighted by molar-refractivity contribution is 9.11. The van der Waals surface area contributed by atoms with Gasteiger partial charge in [-0.05, 0) is 67.0 Å². The molecule has 1 aliphatic heterocycles. The third-order valence-electron chi connectivity index (χ3n) is 6.56. The van der Waals surface area contributed by atoms with Gasteiger partial charge in [-0.3, -0.25) is 19.1 Å². The van der Waals surface area contributed by atoms with Crippen molar-refractivity contribution in [2.45, 2.75) is 39.2 Å². The molecule has 2 heterocycles. The predicted octanol–water partition coefficient (Wildman–Crippen LogP) is 5.02. The van der Waals surface area contributed by atoms with Crippen LogP contribution < -0.4 is 16.6 Å². The Labute approximate surface area is 218 Å². The van der Waals surface area contributed by atoms with Crippen LogP contribution in [-0.4, -0.2) is 20.4 Å². The lowest BCUT2D eigenvalue weighted by atomic mass is 9.69. The number of carbonyl (C=O) groups excluding carboxylic acids is 1. The number of anilines is 1. The molecule has 2 aromatic carbocycles. The van der Waals surface area contributed by atoms with Crippen molar-refractivity contribution in [1.29, 1.82) is 0 Å². The number of phenols is 1. The first kappa shape index (κ1) is 23.8. The Morgan fingerprint density at radius 2 is 1.71 bits per heavy atom. The van der Waals surface area contributed by atoms with Crippen LogP contribution in [0.25, 0.3) is 0 Å². The molecule has 0 saturated heterocycles. The van der Waals surface area contributed by atoms with E-state index < -0.39 is 17.2 Å². The van der Waals surface area contributed by atoms with Crippen molar-refractivity contribution in [1.82, 2.24) is 9.55 Å². The van der Waals surface area contributed by atoms with Crippen LogP contribution in [0.15, 0.2) is 72.3 Å². The second kappa shape index (κ2) is 8.64. The number of Topliss-reactive ketones (excluding diaryl/α,β-unsaturated/α-hetero) is 1. The van der Waals surface area contributed by atoms with Gasteiger partial charge in [0.05, 0.1) is 21.1 Å². The molecule has 3 N–H and O–H groups in total. The van der Waals surface area contributed by atoms with E-state index in [1.165, 1.54) is 4.57 Å². The third kappa shape index (κ3) is 4.21. The minimum absolute atomic E-state index is 0.0242. The van der Waals surface area contributed by atoms with E-state index in [4.69, 9.17) is 0 Å². The molecular weight excluding hydrogens is 578 g/mol. The van der Waals surface area contributed by atoms with Gasteiger partial charge in [0.15, 0.2) is 5.78 Å². The fourth-order valence-corrected chi connectivity index (χ4v) is 6.28. The second-order valence-electron chi connectivity index (χ2n) is 9.82. The Bertz CT molecular complexity index is 1500. The predicted molar refractivity (Wildman–Crippen MR) is 141 cm³/mol. The fourth-order valence-electron chi connectivity index (χ4n) is 5.06. The zero-order valence-corrected chi connectivity index (χ0v) is 22.3. The van der Waals surface area contributed by atoms with E-state index in [9.17, 15) is 19.5 Å². The molecule has 2 aliphatic rings. The minimum Gasteiger partial charge on any atom is -0.506 e. The Hall–Kier alpha value is -2.91. The molecule has 0 amide bonds. The highest BCUT2D eigenvalue weighted by Gasteiger charge is 2.43. The summed E-state index contributed by atoms with van der Waals surface area (Å²) in [6.45, 7) is 4.31. The van der Waals surface area contributed by atoms with Gasteiger partial charge in [-0.2, -0.15) is 0 Å². The number of rotatable bonds is 3. The van der Waals surface area contributed by atoms with Gasteiger partial charge in [-0.15, -0.1) is 0 Å². The van der Waals surface area contributed by atoms with E-state index in [2.05, 4.69) is 42.2 Å². The Kier molecular flexibility index (Phi) is 5.88. The summed E-state index contributed by atoms with van der Waals surface area (Å²) in [6, 6.07) is 12.9. The molecule has 1 aromatic heterocycles. The highest BCUT2D eigenvalue weighted by Crippen LogP contribution is 2.49. The summed E-state index contributed by atoms with van der Waals surface area (Å²) in [5.41, 5.74) is 1.76. The number of nitrogens with one attached hydrogen (secondary N) is 2. The van der Waals surface area contributed by atoms with E-state index in [0.717, 1.165) is 11.3 Å². The summed E-state index contributed by atoms with van der Waals surface area (Å²) < 4.78 is 2.38. The van der Waals surface area contributed by atoms with Crippen molar-refractivity contribution in [3.05, 3.63) is 100 Å². The first-order chi connectivity index (χ1) is 16.6. The maximum atomic E-state index is 13.5. The number of aromatic hydroxyl groups is 1. The van der Waals surface area contributed by atoms with Crippen molar-refractivity contribution < 1.29 is 9.90 Å².